The highest BCUT2D eigenvalue weighted by atomic mass is 79.9. The number of anilines is 1. The van der Waals surface area contributed by atoms with Gasteiger partial charge in [-0.1, -0.05) is 0 Å². The summed E-state index contributed by atoms with van der Waals surface area (Å²) < 4.78 is 5.71. The average molecular weight is 315 g/mol. The summed E-state index contributed by atoms with van der Waals surface area (Å²) in [6.07, 6.45) is 0.171. The smallest absolute Gasteiger partial charge is 0.338 e. The van der Waals surface area contributed by atoms with Crippen molar-refractivity contribution >= 4 is 33.5 Å². The summed E-state index contributed by atoms with van der Waals surface area (Å²) in [7, 11) is 3.30. The molecule has 0 radical (unpaired) electrons. The van der Waals surface area contributed by atoms with Crippen LogP contribution in [-0.2, 0) is 9.53 Å². The Morgan fingerprint density at radius 2 is 2.06 bits per heavy atom. The Labute approximate surface area is 114 Å². The van der Waals surface area contributed by atoms with Crippen molar-refractivity contribution < 1.29 is 14.3 Å². The first kappa shape index (κ1) is 14.5. The van der Waals surface area contributed by atoms with Crippen LogP contribution in [0.4, 0.5) is 5.69 Å². The lowest BCUT2D eigenvalue weighted by Crippen LogP contribution is -2.23. The zero-order valence-electron chi connectivity index (χ0n) is 10.3. The maximum Gasteiger partial charge on any atom is 0.338 e. The molecule has 1 amide bonds. The summed E-state index contributed by atoms with van der Waals surface area (Å²) in [5.74, 6) is -0.570. The Hall–Kier alpha value is -1.56. The van der Waals surface area contributed by atoms with Gasteiger partial charge in [0.25, 0.3) is 0 Å². The number of hydrogen-bond acceptors (Lipinski definition) is 4. The Morgan fingerprint density at radius 3 is 2.61 bits per heavy atom. The Kier molecular flexibility index (Phi) is 5.15. The number of amides is 1. The molecule has 0 saturated heterocycles. The van der Waals surface area contributed by atoms with E-state index in [1.54, 1.807) is 26.2 Å². The van der Waals surface area contributed by atoms with Gasteiger partial charge in [-0.05, 0) is 34.1 Å². The van der Waals surface area contributed by atoms with Crippen LogP contribution in [0.25, 0.3) is 0 Å². The van der Waals surface area contributed by atoms with Crippen molar-refractivity contribution in [3.63, 3.8) is 0 Å². The topological polar surface area (TPSA) is 72.6 Å². The predicted octanol–water partition coefficient (Wildman–Crippen LogP) is 1.67. The lowest BCUT2D eigenvalue weighted by molar-refractivity contribution is -0.129. The van der Waals surface area contributed by atoms with Crippen molar-refractivity contribution in [3.05, 3.63) is 28.2 Å². The van der Waals surface area contributed by atoms with Crippen LogP contribution in [0.3, 0.4) is 0 Å². The van der Waals surface area contributed by atoms with E-state index in [9.17, 15) is 9.59 Å². The van der Waals surface area contributed by atoms with Gasteiger partial charge in [-0.2, -0.15) is 0 Å². The number of nitrogens with two attached hydrogens (primary N) is 1. The number of benzene rings is 1. The number of esters is 1. The number of rotatable bonds is 4. The minimum Gasteiger partial charge on any atom is -0.462 e. The second-order valence-corrected chi connectivity index (χ2v) is 4.76. The highest BCUT2D eigenvalue weighted by Gasteiger charge is 2.10. The Balaban J connectivity index is 2.50. The van der Waals surface area contributed by atoms with Crippen LogP contribution < -0.4 is 5.73 Å². The van der Waals surface area contributed by atoms with Gasteiger partial charge >= 0.3 is 5.97 Å². The molecule has 0 saturated carbocycles. The average Bonchev–Trinajstić information content (AvgIpc) is 2.32. The van der Waals surface area contributed by atoms with E-state index in [4.69, 9.17) is 10.5 Å². The summed E-state index contributed by atoms with van der Waals surface area (Å²) >= 11 is 3.24. The lowest BCUT2D eigenvalue weighted by atomic mass is 10.2. The molecule has 0 bridgehead atoms. The Bertz CT molecular complexity index is 461. The molecule has 0 atom stereocenters. The fourth-order valence-electron chi connectivity index (χ4n) is 1.21. The van der Waals surface area contributed by atoms with Gasteiger partial charge < -0.3 is 15.4 Å². The van der Waals surface area contributed by atoms with Crippen LogP contribution in [0.1, 0.15) is 16.8 Å². The number of carbonyl (C=O) groups is 2. The molecule has 0 unspecified atom stereocenters. The van der Waals surface area contributed by atoms with E-state index >= 15 is 0 Å². The molecule has 0 aliphatic carbocycles. The molecule has 98 valence electrons. The number of halogens is 1. The quantitative estimate of drug-likeness (QED) is 0.677. The van der Waals surface area contributed by atoms with E-state index < -0.39 is 5.97 Å². The first-order valence-electron chi connectivity index (χ1n) is 5.34. The number of ether oxygens (including phenoxy) is 1. The standard InChI is InChI=1S/C12H15BrN2O3/c1-15(2)11(16)5-6-18-12(17)8-3-4-9(13)10(14)7-8/h3-4,7H,5-6,14H2,1-2H3. The molecule has 1 aromatic carbocycles. The zero-order valence-corrected chi connectivity index (χ0v) is 11.9. The van der Waals surface area contributed by atoms with Crippen molar-refractivity contribution in [2.75, 3.05) is 26.4 Å². The van der Waals surface area contributed by atoms with Crippen molar-refractivity contribution in [1.82, 2.24) is 4.90 Å². The fraction of sp³-hybridized carbons (Fsp3) is 0.333. The van der Waals surface area contributed by atoms with Crippen LogP contribution in [0.5, 0.6) is 0 Å². The maximum absolute atomic E-state index is 11.6. The Morgan fingerprint density at radius 1 is 1.39 bits per heavy atom. The molecule has 5 nitrogen and oxygen atoms in total. The van der Waals surface area contributed by atoms with Crippen LogP contribution in [0.2, 0.25) is 0 Å². The van der Waals surface area contributed by atoms with Crippen LogP contribution in [0.15, 0.2) is 22.7 Å². The van der Waals surface area contributed by atoms with E-state index in [1.807, 2.05) is 0 Å². The molecule has 18 heavy (non-hydrogen) atoms. The molecule has 6 heteroatoms. The number of nitrogen functional groups attached to an aromatic ring is 1. The van der Waals surface area contributed by atoms with Crippen LogP contribution in [0, 0.1) is 0 Å². The molecule has 0 heterocycles. The van der Waals surface area contributed by atoms with E-state index in [1.165, 1.54) is 11.0 Å². The van der Waals surface area contributed by atoms with Gasteiger partial charge in [0.1, 0.15) is 6.61 Å². The first-order valence-corrected chi connectivity index (χ1v) is 6.13. The molecule has 1 aromatic rings. The molecule has 1 rings (SSSR count). The van der Waals surface area contributed by atoms with E-state index in [-0.39, 0.29) is 18.9 Å². The van der Waals surface area contributed by atoms with E-state index in [0.29, 0.717) is 11.3 Å². The van der Waals surface area contributed by atoms with Crippen LogP contribution in [-0.4, -0.2) is 37.5 Å². The van der Waals surface area contributed by atoms with Gasteiger partial charge in [0.15, 0.2) is 0 Å². The molecule has 0 aliphatic heterocycles. The second kappa shape index (κ2) is 6.39. The summed E-state index contributed by atoms with van der Waals surface area (Å²) in [5, 5.41) is 0. The molecule has 0 aliphatic rings. The second-order valence-electron chi connectivity index (χ2n) is 3.91. The third-order valence-electron chi connectivity index (χ3n) is 2.28. The normalized spacial score (nSPS) is 9.94. The van der Waals surface area contributed by atoms with E-state index in [2.05, 4.69) is 15.9 Å². The summed E-state index contributed by atoms with van der Waals surface area (Å²) in [5.41, 5.74) is 6.49. The van der Waals surface area contributed by atoms with E-state index in [0.717, 1.165) is 4.47 Å². The number of carbonyl (C=O) groups excluding carboxylic acids is 2. The molecule has 0 spiro atoms. The number of nitrogens with zero attached hydrogens (tertiary/aromatic N) is 1. The maximum atomic E-state index is 11.6. The summed E-state index contributed by atoms with van der Waals surface area (Å²) in [6.45, 7) is 0.0613. The molecular formula is C12H15BrN2O3. The van der Waals surface area contributed by atoms with Crippen molar-refractivity contribution in [2.45, 2.75) is 6.42 Å². The van der Waals surface area contributed by atoms with Gasteiger partial charge in [0.2, 0.25) is 5.91 Å². The third-order valence-corrected chi connectivity index (χ3v) is 3.00. The number of hydrogen-bond donors (Lipinski definition) is 1. The molecule has 2 N–H and O–H groups in total. The monoisotopic (exact) mass is 314 g/mol. The minimum absolute atomic E-state index is 0.0613. The van der Waals surface area contributed by atoms with Crippen molar-refractivity contribution in [3.8, 4) is 0 Å². The van der Waals surface area contributed by atoms with Crippen molar-refractivity contribution in [2.24, 2.45) is 0 Å². The highest BCUT2D eigenvalue weighted by molar-refractivity contribution is 9.10. The van der Waals surface area contributed by atoms with Crippen molar-refractivity contribution in [1.29, 1.82) is 0 Å². The SMILES string of the molecule is CN(C)C(=O)CCOC(=O)c1ccc(Br)c(N)c1. The van der Waals surface area contributed by atoms with Gasteiger partial charge in [0.05, 0.1) is 12.0 Å². The molecular weight excluding hydrogens is 300 g/mol. The molecule has 0 aromatic heterocycles. The van der Waals surface area contributed by atoms with Crippen LogP contribution >= 0.6 is 15.9 Å². The zero-order chi connectivity index (χ0) is 13.7. The summed E-state index contributed by atoms with van der Waals surface area (Å²) in [6, 6.07) is 4.81. The molecule has 0 fully saturated rings. The predicted molar refractivity (Wildman–Crippen MR) is 72.1 cm³/mol. The van der Waals surface area contributed by atoms with Gasteiger partial charge in [0, 0.05) is 24.3 Å². The summed E-state index contributed by atoms with van der Waals surface area (Å²) in [4.78, 5) is 24.4. The first-order chi connectivity index (χ1) is 8.41. The van der Waals surface area contributed by atoms with Gasteiger partial charge in [-0.25, -0.2) is 4.79 Å². The highest BCUT2D eigenvalue weighted by Crippen LogP contribution is 2.20. The minimum atomic E-state index is -0.485. The largest absolute Gasteiger partial charge is 0.462 e. The van der Waals surface area contributed by atoms with Gasteiger partial charge in [-0.15, -0.1) is 0 Å². The lowest BCUT2D eigenvalue weighted by Gasteiger charge is -2.10. The fourth-order valence-corrected chi connectivity index (χ4v) is 1.46. The van der Waals surface area contributed by atoms with Gasteiger partial charge in [-0.3, -0.25) is 4.79 Å². The third kappa shape index (κ3) is 4.03.